The molecular weight excluding hydrogens is 280 g/mol. The van der Waals surface area contributed by atoms with E-state index in [0.717, 1.165) is 49.0 Å². The summed E-state index contributed by atoms with van der Waals surface area (Å²) in [5.74, 6) is 0.499. The Morgan fingerprint density at radius 3 is 3.00 bits per heavy atom. The number of aromatic nitrogens is 2. The van der Waals surface area contributed by atoms with Crippen molar-refractivity contribution in [2.75, 3.05) is 13.1 Å². The van der Waals surface area contributed by atoms with Gasteiger partial charge in [0.2, 0.25) is 0 Å². The van der Waals surface area contributed by atoms with Gasteiger partial charge in [-0.2, -0.15) is 0 Å². The molecule has 6 nitrogen and oxygen atoms in total. The van der Waals surface area contributed by atoms with E-state index >= 15 is 0 Å². The molecule has 6 heteroatoms. The number of hydrogen-bond donors (Lipinski definition) is 1. The number of aryl methyl sites for hydroxylation is 1. The number of hydrogen-bond acceptors (Lipinski definition) is 5. The Morgan fingerprint density at radius 1 is 1.45 bits per heavy atom. The molecule has 0 spiro atoms. The number of carbonyl (C=O) groups excluding carboxylic acids is 1. The van der Waals surface area contributed by atoms with E-state index in [1.165, 1.54) is 0 Å². The lowest BCUT2D eigenvalue weighted by molar-refractivity contribution is 0.0743. The molecule has 1 aliphatic carbocycles. The maximum absolute atomic E-state index is 13.0. The van der Waals surface area contributed by atoms with Crippen molar-refractivity contribution in [1.82, 2.24) is 15.0 Å². The van der Waals surface area contributed by atoms with E-state index < -0.39 is 0 Å². The number of nitrogens with zero attached hydrogens (tertiary/aromatic N) is 3. The smallest absolute Gasteiger partial charge is 0.259 e. The van der Waals surface area contributed by atoms with Crippen molar-refractivity contribution < 1.29 is 9.32 Å². The predicted molar refractivity (Wildman–Crippen MR) is 81.6 cm³/mol. The molecule has 4 rings (SSSR count). The van der Waals surface area contributed by atoms with Crippen molar-refractivity contribution in [2.24, 2.45) is 5.73 Å². The summed E-state index contributed by atoms with van der Waals surface area (Å²) < 4.78 is 5.32. The van der Waals surface area contributed by atoms with Crippen molar-refractivity contribution in [3.05, 3.63) is 23.0 Å². The normalized spacial score (nSPS) is 21.7. The summed E-state index contributed by atoms with van der Waals surface area (Å²) in [6.45, 7) is 3.14. The SMILES string of the molecule is Cc1noc2nc(C3CC3)cc(C(=O)N3CCCC3CN)c12. The fourth-order valence-corrected chi connectivity index (χ4v) is 3.37. The molecule has 2 aromatic rings. The molecule has 1 amide bonds. The lowest BCUT2D eigenvalue weighted by Crippen LogP contribution is -2.40. The van der Waals surface area contributed by atoms with Gasteiger partial charge in [-0.15, -0.1) is 0 Å². The first-order valence-corrected chi connectivity index (χ1v) is 7.97. The van der Waals surface area contributed by atoms with Gasteiger partial charge in [0, 0.05) is 30.7 Å². The fourth-order valence-electron chi connectivity index (χ4n) is 3.37. The minimum absolute atomic E-state index is 0.0357. The molecule has 1 saturated carbocycles. The zero-order valence-electron chi connectivity index (χ0n) is 12.7. The maximum atomic E-state index is 13.0. The number of amides is 1. The number of rotatable bonds is 3. The first-order valence-electron chi connectivity index (χ1n) is 7.97. The molecule has 2 aliphatic rings. The van der Waals surface area contributed by atoms with Crippen LogP contribution in [0.1, 0.15) is 53.3 Å². The van der Waals surface area contributed by atoms with E-state index in [-0.39, 0.29) is 11.9 Å². The van der Waals surface area contributed by atoms with Crippen LogP contribution in [0.15, 0.2) is 10.6 Å². The first-order chi connectivity index (χ1) is 10.7. The highest BCUT2D eigenvalue weighted by molar-refractivity contribution is 6.06. The standard InChI is InChI=1S/C16H20N4O2/c1-9-14-12(16(21)20-6-2-3-11(20)8-17)7-13(10-4-5-10)18-15(14)22-19-9/h7,10-11H,2-6,8,17H2,1H3. The average molecular weight is 300 g/mol. The van der Waals surface area contributed by atoms with Crippen molar-refractivity contribution in [2.45, 2.75) is 44.6 Å². The van der Waals surface area contributed by atoms with Gasteiger partial charge < -0.3 is 15.2 Å². The van der Waals surface area contributed by atoms with Crippen LogP contribution in [0.3, 0.4) is 0 Å². The van der Waals surface area contributed by atoms with Gasteiger partial charge in [0.25, 0.3) is 11.6 Å². The van der Waals surface area contributed by atoms with Gasteiger partial charge in [-0.1, -0.05) is 5.16 Å². The Kier molecular flexibility index (Phi) is 3.14. The second kappa shape index (κ2) is 5.05. The van der Waals surface area contributed by atoms with Crippen LogP contribution in [-0.2, 0) is 0 Å². The third kappa shape index (κ3) is 2.09. The fraction of sp³-hybridized carbons (Fsp3) is 0.562. The zero-order valence-corrected chi connectivity index (χ0v) is 12.7. The Balaban J connectivity index is 1.82. The van der Waals surface area contributed by atoms with E-state index in [4.69, 9.17) is 10.3 Å². The van der Waals surface area contributed by atoms with Crippen LogP contribution < -0.4 is 5.73 Å². The molecule has 2 aromatic heterocycles. The number of likely N-dealkylation sites (tertiary alicyclic amines) is 1. The predicted octanol–water partition coefficient (Wildman–Crippen LogP) is 1.97. The molecule has 3 heterocycles. The highest BCUT2D eigenvalue weighted by Gasteiger charge is 2.33. The first kappa shape index (κ1) is 13.7. The van der Waals surface area contributed by atoms with Gasteiger partial charge in [-0.25, -0.2) is 4.98 Å². The average Bonchev–Trinajstić information content (AvgIpc) is 3.16. The maximum Gasteiger partial charge on any atom is 0.259 e. The van der Waals surface area contributed by atoms with Crippen LogP contribution in [0, 0.1) is 6.92 Å². The highest BCUT2D eigenvalue weighted by Crippen LogP contribution is 2.40. The van der Waals surface area contributed by atoms with Crippen LogP contribution in [0.2, 0.25) is 0 Å². The summed E-state index contributed by atoms with van der Waals surface area (Å²) in [4.78, 5) is 19.5. The van der Waals surface area contributed by atoms with Crippen LogP contribution >= 0.6 is 0 Å². The van der Waals surface area contributed by atoms with Gasteiger partial charge in [0.05, 0.1) is 16.6 Å². The summed E-state index contributed by atoms with van der Waals surface area (Å²) in [5, 5.41) is 4.74. The van der Waals surface area contributed by atoms with Crippen molar-refractivity contribution in [3.63, 3.8) is 0 Å². The molecule has 0 bridgehead atoms. The zero-order chi connectivity index (χ0) is 15.3. The van der Waals surface area contributed by atoms with E-state index in [1.54, 1.807) is 0 Å². The minimum atomic E-state index is 0.0357. The monoisotopic (exact) mass is 300 g/mol. The number of nitrogens with two attached hydrogens (primary N) is 1. The summed E-state index contributed by atoms with van der Waals surface area (Å²) >= 11 is 0. The molecule has 1 saturated heterocycles. The van der Waals surface area contributed by atoms with Gasteiger partial charge in [-0.3, -0.25) is 4.79 Å². The summed E-state index contributed by atoms with van der Waals surface area (Å²) in [5.41, 5.74) is 8.64. The topological polar surface area (TPSA) is 85.2 Å². The molecule has 1 aliphatic heterocycles. The molecule has 116 valence electrons. The van der Waals surface area contributed by atoms with Crippen molar-refractivity contribution >= 4 is 17.0 Å². The van der Waals surface area contributed by atoms with Crippen LogP contribution in [0.25, 0.3) is 11.1 Å². The minimum Gasteiger partial charge on any atom is -0.336 e. The lowest BCUT2D eigenvalue weighted by Gasteiger charge is -2.24. The van der Waals surface area contributed by atoms with Crippen LogP contribution in [-0.4, -0.2) is 40.1 Å². The number of carbonyl (C=O) groups is 1. The Morgan fingerprint density at radius 2 is 2.27 bits per heavy atom. The molecule has 2 fully saturated rings. The van der Waals surface area contributed by atoms with Gasteiger partial charge in [0.15, 0.2) is 0 Å². The Hall–Kier alpha value is -1.95. The lowest BCUT2D eigenvalue weighted by atomic mass is 10.1. The molecule has 1 atom stereocenters. The third-order valence-electron chi connectivity index (χ3n) is 4.77. The number of pyridine rings is 1. The third-order valence-corrected chi connectivity index (χ3v) is 4.77. The van der Waals surface area contributed by atoms with E-state index in [2.05, 4.69) is 10.1 Å². The van der Waals surface area contributed by atoms with Crippen LogP contribution in [0.5, 0.6) is 0 Å². The Labute approximate surface area is 128 Å². The Bertz CT molecular complexity index is 735. The van der Waals surface area contributed by atoms with Gasteiger partial charge >= 0.3 is 0 Å². The second-order valence-electron chi connectivity index (χ2n) is 6.35. The van der Waals surface area contributed by atoms with E-state index in [9.17, 15) is 4.79 Å². The quantitative estimate of drug-likeness (QED) is 0.936. The molecule has 2 N–H and O–H groups in total. The molecule has 0 radical (unpaired) electrons. The number of fused-ring (bicyclic) bond motifs is 1. The second-order valence-corrected chi connectivity index (χ2v) is 6.35. The van der Waals surface area contributed by atoms with E-state index in [1.807, 2.05) is 17.9 Å². The van der Waals surface area contributed by atoms with Gasteiger partial charge in [0.1, 0.15) is 0 Å². The highest BCUT2D eigenvalue weighted by atomic mass is 16.5. The van der Waals surface area contributed by atoms with Crippen molar-refractivity contribution in [1.29, 1.82) is 0 Å². The molecule has 0 aromatic carbocycles. The van der Waals surface area contributed by atoms with Gasteiger partial charge in [-0.05, 0) is 38.7 Å². The molecular formula is C16H20N4O2. The van der Waals surface area contributed by atoms with E-state index in [0.29, 0.717) is 23.7 Å². The molecule has 22 heavy (non-hydrogen) atoms. The largest absolute Gasteiger partial charge is 0.336 e. The van der Waals surface area contributed by atoms with Crippen molar-refractivity contribution in [3.8, 4) is 0 Å². The summed E-state index contributed by atoms with van der Waals surface area (Å²) in [6, 6.07) is 2.08. The molecule has 1 unspecified atom stereocenters. The summed E-state index contributed by atoms with van der Waals surface area (Å²) in [7, 11) is 0. The summed E-state index contributed by atoms with van der Waals surface area (Å²) in [6.07, 6.45) is 4.26. The van der Waals surface area contributed by atoms with Crippen LogP contribution in [0.4, 0.5) is 0 Å².